The summed E-state index contributed by atoms with van der Waals surface area (Å²) in [6.07, 6.45) is 9.98. The van der Waals surface area contributed by atoms with Crippen molar-refractivity contribution in [1.29, 1.82) is 0 Å². The summed E-state index contributed by atoms with van der Waals surface area (Å²) in [5, 5.41) is 5.18. The van der Waals surface area contributed by atoms with Crippen LogP contribution in [0, 0.1) is 5.41 Å². The Bertz CT molecular complexity index is 1400. The molecule has 0 aliphatic carbocycles. The van der Waals surface area contributed by atoms with E-state index in [9.17, 15) is 4.79 Å². The monoisotopic (exact) mass is 467 g/mol. The number of likely N-dealkylation sites (tertiary alicyclic amines) is 1. The summed E-state index contributed by atoms with van der Waals surface area (Å²) in [7, 11) is 4.08. The van der Waals surface area contributed by atoms with Gasteiger partial charge in [0.2, 0.25) is 0 Å². The van der Waals surface area contributed by atoms with Crippen molar-refractivity contribution in [2.24, 2.45) is 12.5 Å². The first-order valence-corrected chi connectivity index (χ1v) is 12.1. The Balaban J connectivity index is 1.17. The zero-order chi connectivity index (χ0) is 24.0. The molecule has 178 valence electrons. The van der Waals surface area contributed by atoms with Crippen LogP contribution in [0.4, 0.5) is 5.82 Å². The standard InChI is InChI=1S/C27H29N7O/c1-32-9-6-27(7-10-32)17-34(18-27)26-11-19(5-8-28-26)25(35)13-22-12-24-20(14-29-22)3-4-23(31-24)21-15-30-33(2)16-21/h3-5,8,11-12,14-16H,6-7,9-10,13,17-18H2,1-2H3. The number of aromatic nitrogens is 5. The highest BCUT2D eigenvalue weighted by Gasteiger charge is 2.44. The lowest BCUT2D eigenvalue weighted by molar-refractivity contribution is 0.0900. The number of aryl methyl sites for hydroxylation is 1. The lowest BCUT2D eigenvalue weighted by Crippen LogP contribution is -2.60. The van der Waals surface area contributed by atoms with Gasteiger partial charge in [-0.1, -0.05) is 0 Å². The summed E-state index contributed by atoms with van der Waals surface area (Å²) in [4.78, 5) is 31.7. The average Bonchev–Trinajstić information content (AvgIpc) is 3.29. The maximum absolute atomic E-state index is 13.1. The highest BCUT2D eigenvalue weighted by Crippen LogP contribution is 2.41. The largest absolute Gasteiger partial charge is 0.355 e. The van der Waals surface area contributed by atoms with Crippen molar-refractivity contribution in [2.45, 2.75) is 19.3 Å². The van der Waals surface area contributed by atoms with Gasteiger partial charge in [-0.3, -0.25) is 14.5 Å². The van der Waals surface area contributed by atoms with Gasteiger partial charge in [0.05, 0.1) is 29.5 Å². The van der Waals surface area contributed by atoms with Crippen LogP contribution in [0.3, 0.4) is 0 Å². The molecule has 2 aliphatic heterocycles. The molecule has 2 fully saturated rings. The molecule has 8 heteroatoms. The molecule has 0 amide bonds. The number of pyridine rings is 3. The van der Waals surface area contributed by atoms with Gasteiger partial charge in [0.25, 0.3) is 0 Å². The molecule has 6 heterocycles. The van der Waals surface area contributed by atoms with E-state index in [2.05, 4.69) is 31.9 Å². The van der Waals surface area contributed by atoms with Crippen molar-refractivity contribution >= 4 is 22.5 Å². The lowest BCUT2D eigenvalue weighted by atomic mass is 9.72. The molecule has 6 rings (SSSR count). The Kier molecular flexibility index (Phi) is 5.33. The Morgan fingerprint density at radius 3 is 2.63 bits per heavy atom. The van der Waals surface area contributed by atoms with Crippen LogP contribution in [0.15, 0.2) is 55.1 Å². The maximum Gasteiger partial charge on any atom is 0.169 e. The van der Waals surface area contributed by atoms with Gasteiger partial charge < -0.3 is 9.80 Å². The second-order valence-electron chi connectivity index (χ2n) is 10.1. The Morgan fingerprint density at radius 1 is 1.03 bits per heavy atom. The first-order valence-electron chi connectivity index (χ1n) is 12.1. The SMILES string of the molecule is CN1CCC2(CC1)CN(c1cc(C(=O)Cc3cc4nc(-c5cnn(C)c5)ccc4cn3)ccn1)C2. The van der Waals surface area contributed by atoms with E-state index in [1.54, 1.807) is 29.3 Å². The van der Waals surface area contributed by atoms with Crippen molar-refractivity contribution in [3.8, 4) is 11.3 Å². The third-order valence-electron chi connectivity index (χ3n) is 7.46. The molecule has 4 aromatic heterocycles. The van der Waals surface area contributed by atoms with E-state index in [4.69, 9.17) is 4.98 Å². The second kappa shape index (κ2) is 8.53. The van der Waals surface area contributed by atoms with Crippen molar-refractivity contribution in [3.05, 3.63) is 66.4 Å². The number of anilines is 1. The summed E-state index contributed by atoms with van der Waals surface area (Å²) < 4.78 is 1.76. The van der Waals surface area contributed by atoms with E-state index in [-0.39, 0.29) is 12.2 Å². The van der Waals surface area contributed by atoms with Crippen LogP contribution < -0.4 is 4.90 Å². The third-order valence-corrected chi connectivity index (χ3v) is 7.46. The van der Waals surface area contributed by atoms with Gasteiger partial charge in [-0.05, 0) is 63.3 Å². The fourth-order valence-electron chi connectivity index (χ4n) is 5.23. The smallest absolute Gasteiger partial charge is 0.169 e. The topological polar surface area (TPSA) is 80.0 Å². The van der Waals surface area contributed by atoms with E-state index >= 15 is 0 Å². The van der Waals surface area contributed by atoms with E-state index in [1.807, 2.05) is 37.5 Å². The second-order valence-corrected chi connectivity index (χ2v) is 10.1. The number of fused-ring (bicyclic) bond motifs is 1. The van der Waals surface area contributed by atoms with Gasteiger partial charge in [0.1, 0.15) is 5.82 Å². The number of ketones is 1. The van der Waals surface area contributed by atoms with Crippen molar-refractivity contribution in [1.82, 2.24) is 29.6 Å². The van der Waals surface area contributed by atoms with E-state index in [1.165, 1.54) is 12.8 Å². The minimum Gasteiger partial charge on any atom is -0.355 e. The average molecular weight is 468 g/mol. The Labute approximate surface area is 204 Å². The normalized spacial score (nSPS) is 17.6. The van der Waals surface area contributed by atoms with Crippen molar-refractivity contribution in [2.75, 3.05) is 38.1 Å². The molecule has 2 saturated heterocycles. The molecular formula is C27H29N7O. The van der Waals surface area contributed by atoms with Crippen LogP contribution in [0.1, 0.15) is 28.9 Å². The summed E-state index contributed by atoms with van der Waals surface area (Å²) in [6.45, 7) is 4.39. The van der Waals surface area contributed by atoms with Gasteiger partial charge in [0, 0.05) is 60.7 Å². The molecule has 0 bridgehead atoms. The zero-order valence-corrected chi connectivity index (χ0v) is 20.2. The van der Waals surface area contributed by atoms with E-state index in [0.717, 1.165) is 54.2 Å². The molecule has 35 heavy (non-hydrogen) atoms. The molecule has 0 saturated carbocycles. The highest BCUT2D eigenvalue weighted by atomic mass is 16.1. The molecule has 2 aliphatic rings. The molecule has 4 aromatic rings. The molecular weight excluding hydrogens is 438 g/mol. The van der Waals surface area contributed by atoms with Crippen molar-refractivity contribution in [3.63, 3.8) is 0 Å². The third kappa shape index (κ3) is 4.30. The first-order chi connectivity index (χ1) is 17.0. The highest BCUT2D eigenvalue weighted by molar-refractivity contribution is 5.98. The van der Waals surface area contributed by atoms with Crippen LogP contribution in [0.25, 0.3) is 22.2 Å². The minimum atomic E-state index is 0.0402. The van der Waals surface area contributed by atoms with Gasteiger partial charge >= 0.3 is 0 Å². The number of nitrogens with zero attached hydrogens (tertiary/aromatic N) is 7. The van der Waals surface area contributed by atoms with Crippen LogP contribution in [0.2, 0.25) is 0 Å². The van der Waals surface area contributed by atoms with Crippen LogP contribution in [0.5, 0.6) is 0 Å². The van der Waals surface area contributed by atoms with Crippen LogP contribution >= 0.6 is 0 Å². The van der Waals surface area contributed by atoms with Gasteiger partial charge in [0.15, 0.2) is 5.78 Å². The molecule has 8 nitrogen and oxygen atoms in total. The van der Waals surface area contributed by atoms with Crippen LogP contribution in [-0.2, 0) is 13.5 Å². The summed E-state index contributed by atoms with van der Waals surface area (Å²) in [6, 6.07) is 9.62. The number of carbonyl (C=O) groups excluding carboxylic acids is 1. The minimum absolute atomic E-state index is 0.0402. The van der Waals surface area contributed by atoms with Gasteiger partial charge in [-0.2, -0.15) is 5.10 Å². The van der Waals surface area contributed by atoms with E-state index in [0.29, 0.717) is 16.7 Å². The molecule has 0 unspecified atom stereocenters. The quantitative estimate of drug-likeness (QED) is 0.416. The molecule has 0 radical (unpaired) electrons. The number of hydrogen-bond donors (Lipinski definition) is 0. The van der Waals surface area contributed by atoms with Gasteiger partial charge in [-0.15, -0.1) is 0 Å². The van der Waals surface area contributed by atoms with E-state index < -0.39 is 0 Å². The Hall–Kier alpha value is -3.65. The predicted octanol–water partition coefficient (Wildman–Crippen LogP) is 3.38. The number of hydrogen-bond acceptors (Lipinski definition) is 7. The zero-order valence-electron chi connectivity index (χ0n) is 20.2. The number of rotatable bonds is 5. The number of piperidine rings is 1. The molecule has 0 atom stereocenters. The first kappa shape index (κ1) is 21.9. The Morgan fingerprint density at radius 2 is 1.86 bits per heavy atom. The van der Waals surface area contributed by atoms with Crippen LogP contribution in [-0.4, -0.2) is 68.6 Å². The fraction of sp³-hybridized carbons (Fsp3) is 0.370. The summed E-state index contributed by atoms with van der Waals surface area (Å²) in [5.74, 6) is 0.938. The van der Waals surface area contributed by atoms with Crippen molar-refractivity contribution < 1.29 is 4.79 Å². The summed E-state index contributed by atoms with van der Waals surface area (Å²) >= 11 is 0. The summed E-state index contributed by atoms with van der Waals surface area (Å²) in [5.41, 5.74) is 4.45. The maximum atomic E-state index is 13.1. The number of carbonyl (C=O) groups is 1. The predicted molar refractivity (Wildman–Crippen MR) is 135 cm³/mol. The lowest BCUT2D eigenvalue weighted by Gasteiger charge is -2.54. The fourth-order valence-corrected chi connectivity index (χ4v) is 5.23. The molecule has 0 N–H and O–H groups in total. The molecule has 0 aromatic carbocycles. The molecule has 1 spiro atoms. The van der Waals surface area contributed by atoms with Gasteiger partial charge in [-0.25, -0.2) is 9.97 Å². The number of Topliss-reactive ketones (excluding diaryl/α,β-unsaturated/α-hetero) is 1.